The average Bonchev–Trinajstić information content (AvgIpc) is 2.48. The molecule has 1 aromatic heterocycles. The van der Waals surface area contributed by atoms with E-state index in [0.717, 1.165) is 15.6 Å². The standard InChI is InChI=1S/C15H11BrFN3/c16-9-4-5-12(17)11(8-9)14(18)10-2-1-3-13-15(10)20-7-6-19-13/h1-8,14H,18H2. The maximum Gasteiger partial charge on any atom is 0.128 e. The molecule has 0 saturated heterocycles. The van der Waals surface area contributed by atoms with Crippen LogP contribution in [0.25, 0.3) is 11.0 Å². The van der Waals surface area contributed by atoms with E-state index in [-0.39, 0.29) is 5.82 Å². The van der Waals surface area contributed by atoms with E-state index in [1.54, 1.807) is 24.5 Å². The van der Waals surface area contributed by atoms with Gasteiger partial charge < -0.3 is 5.73 Å². The molecule has 3 nitrogen and oxygen atoms in total. The molecular weight excluding hydrogens is 321 g/mol. The smallest absolute Gasteiger partial charge is 0.128 e. The fourth-order valence-electron chi connectivity index (χ4n) is 2.19. The summed E-state index contributed by atoms with van der Waals surface area (Å²) in [5.41, 5.74) is 8.85. The van der Waals surface area contributed by atoms with Gasteiger partial charge in [0.2, 0.25) is 0 Å². The summed E-state index contributed by atoms with van der Waals surface area (Å²) in [6.45, 7) is 0. The maximum absolute atomic E-state index is 14.0. The first kappa shape index (κ1) is 13.1. The van der Waals surface area contributed by atoms with Crippen LogP contribution in [0.3, 0.4) is 0 Å². The minimum Gasteiger partial charge on any atom is -0.320 e. The minimum atomic E-state index is -0.590. The SMILES string of the molecule is NC(c1cc(Br)ccc1F)c1cccc2nccnc12. The Morgan fingerprint density at radius 3 is 2.70 bits per heavy atom. The van der Waals surface area contributed by atoms with Crippen LogP contribution in [0.15, 0.2) is 53.3 Å². The van der Waals surface area contributed by atoms with Crippen LogP contribution >= 0.6 is 15.9 Å². The van der Waals surface area contributed by atoms with Crippen molar-refractivity contribution in [2.24, 2.45) is 5.73 Å². The highest BCUT2D eigenvalue weighted by atomic mass is 79.9. The number of hydrogen-bond acceptors (Lipinski definition) is 3. The van der Waals surface area contributed by atoms with Gasteiger partial charge in [0.15, 0.2) is 0 Å². The van der Waals surface area contributed by atoms with Crippen LogP contribution in [-0.4, -0.2) is 9.97 Å². The third kappa shape index (κ3) is 2.30. The van der Waals surface area contributed by atoms with E-state index >= 15 is 0 Å². The number of hydrogen-bond donors (Lipinski definition) is 1. The Bertz CT molecular complexity index is 771. The summed E-state index contributed by atoms with van der Waals surface area (Å²) < 4.78 is 14.8. The highest BCUT2D eigenvalue weighted by Crippen LogP contribution is 2.28. The van der Waals surface area contributed by atoms with Crippen molar-refractivity contribution >= 4 is 27.0 Å². The van der Waals surface area contributed by atoms with Gasteiger partial charge in [0.1, 0.15) is 5.82 Å². The molecule has 1 atom stereocenters. The summed E-state index contributed by atoms with van der Waals surface area (Å²) in [5.74, 6) is -0.332. The van der Waals surface area contributed by atoms with E-state index in [2.05, 4.69) is 25.9 Å². The highest BCUT2D eigenvalue weighted by molar-refractivity contribution is 9.10. The Kier molecular flexibility index (Phi) is 3.46. The number of halogens is 2. The second-order valence-electron chi connectivity index (χ2n) is 4.41. The summed E-state index contributed by atoms with van der Waals surface area (Å²) in [6, 6.07) is 9.70. The number of para-hydroxylation sites is 1. The Labute approximate surface area is 123 Å². The molecule has 0 radical (unpaired) electrons. The lowest BCUT2D eigenvalue weighted by atomic mass is 9.98. The van der Waals surface area contributed by atoms with Gasteiger partial charge in [-0.05, 0) is 24.3 Å². The topological polar surface area (TPSA) is 51.8 Å². The van der Waals surface area contributed by atoms with E-state index in [9.17, 15) is 4.39 Å². The molecule has 3 rings (SSSR count). The molecule has 20 heavy (non-hydrogen) atoms. The molecule has 0 saturated carbocycles. The van der Waals surface area contributed by atoms with Crippen molar-refractivity contribution in [3.8, 4) is 0 Å². The van der Waals surface area contributed by atoms with Crippen LogP contribution < -0.4 is 5.73 Å². The third-order valence-corrected chi connectivity index (χ3v) is 3.65. The molecule has 0 fully saturated rings. The Morgan fingerprint density at radius 1 is 1.05 bits per heavy atom. The molecule has 100 valence electrons. The van der Waals surface area contributed by atoms with Gasteiger partial charge in [-0.2, -0.15) is 0 Å². The second-order valence-corrected chi connectivity index (χ2v) is 5.33. The lowest BCUT2D eigenvalue weighted by molar-refractivity contribution is 0.599. The highest BCUT2D eigenvalue weighted by Gasteiger charge is 2.17. The molecule has 2 N–H and O–H groups in total. The van der Waals surface area contributed by atoms with Crippen LogP contribution in [0, 0.1) is 5.82 Å². The van der Waals surface area contributed by atoms with Crippen molar-refractivity contribution in [1.29, 1.82) is 0 Å². The number of rotatable bonds is 2. The van der Waals surface area contributed by atoms with E-state index < -0.39 is 6.04 Å². The van der Waals surface area contributed by atoms with Gasteiger partial charge in [0, 0.05) is 28.0 Å². The summed E-state index contributed by atoms with van der Waals surface area (Å²) in [4.78, 5) is 8.54. The van der Waals surface area contributed by atoms with Gasteiger partial charge >= 0.3 is 0 Å². The summed E-state index contributed by atoms with van der Waals surface area (Å²) in [6.07, 6.45) is 3.23. The molecule has 0 aliphatic rings. The van der Waals surface area contributed by atoms with Crippen LogP contribution in [-0.2, 0) is 0 Å². The monoisotopic (exact) mass is 331 g/mol. The molecule has 0 bridgehead atoms. The van der Waals surface area contributed by atoms with E-state index in [1.165, 1.54) is 6.07 Å². The molecule has 0 amide bonds. The van der Waals surface area contributed by atoms with E-state index in [1.807, 2.05) is 18.2 Å². The molecule has 0 aliphatic carbocycles. The molecule has 2 aromatic carbocycles. The van der Waals surface area contributed by atoms with Crippen molar-refractivity contribution < 1.29 is 4.39 Å². The normalized spacial score (nSPS) is 12.6. The molecular formula is C15H11BrFN3. The number of fused-ring (bicyclic) bond motifs is 1. The van der Waals surface area contributed by atoms with Gasteiger partial charge in [0.25, 0.3) is 0 Å². The van der Waals surface area contributed by atoms with Crippen molar-refractivity contribution in [2.75, 3.05) is 0 Å². The zero-order valence-electron chi connectivity index (χ0n) is 10.4. The molecule has 1 heterocycles. The predicted molar refractivity (Wildman–Crippen MR) is 79.7 cm³/mol. The Morgan fingerprint density at radius 2 is 1.85 bits per heavy atom. The molecule has 0 aliphatic heterocycles. The number of benzene rings is 2. The average molecular weight is 332 g/mol. The van der Waals surface area contributed by atoms with E-state index in [4.69, 9.17) is 5.73 Å². The molecule has 3 aromatic rings. The van der Waals surface area contributed by atoms with Gasteiger partial charge in [-0.15, -0.1) is 0 Å². The van der Waals surface area contributed by atoms with Gasteiger partial charge in [0.05, 0.1) is 17.1 Å². The number of aromatic nitrogens is 2. The van der Waals surface area contributed by atoms with Crippen molar-refractivity contribution in [3.05, 3.63) is 70.2 Å². The van der Waals surface area contributed by atoms with E-state index in [0.29, 0.717) is 11.1 Å². The number of nitrogens with two attached hydrogens (primary N) is 1. The zero-order valence-corrected chi connectivity index (χ0v) is 12.0. The van der Waals surface area contributed by atoms with Gasteiger partial charge in [-0.25, -0.2) is 4.39 Å². The largest absolute Gasteiger partial charge is 0.320 e. The van der Waals surface area contributed by atoms with Crippen LogP contribution in [0.1, 0.15) is 17.2 Å². The molecule has 1 unspecified atom stereocenters. The fraction of sp³-hybridized carbons (Fsp3) is 0.0667. The van der Waals surface area contributed by atoms with Gasteiger partial charge in [-0.1, -0.05) is 28.1 Å². The van der Waals surface area contributed by atoms with Gasteiger partial charge in [-0.3, -0.25) is 9.97 Å². The molecule has 5 heteroatoms. The summed E-state index contributed by atoms with van der Waals surface area (Å²) >= 11 is 3.34. The minimum absolute atomic E-state index is 0.332. The van der Waals surface area contributed by atoms with Crippen molar-refractivity contribution in [1.82, 2.24) is 9.97 Å². The fourth-order valence-corrected chi connectivity index (χ4v) is 2.57. The first-order valence-corrected chi connectivity index (χ1v) is 6.86. The lowest BCUT2D eigenvalue weighted by Crippen LogP contribution is -2.14. The maximum atomic E-state index is 14.0. The number of nitrogens with zero attached hydrogens (tertiary/aromatic N) is 2. The van der Waals surface area contributed by atoms with Crippen LogP contribution in [0.2, 0.25) is 0 Å². The zero-order chi connectivity index (χ0) is 14.1. The summed E-state index contributed by atoms with van der Waals surface area (Å²) in [7, 11) is 0. The lowest BCUT2D eigenvalue weighted by Gasteiger charge is -2.15. The van der Waals surface area contributed by atoms with Crippen LogP contribution in [0.4, 0.5) is 4.39 Å². The van der Waals surface area contributed by atoms with Crippen molar-refractivity contribution in [2.45, 2.75) is 6.04 Å². The predicted octanol–water partition coefficient (Wildman–Crippen LogP) is 3.58. The molecule has 0 spiro atoms. The quantitative estimate of drug-likeness (QED) is 0.780. The Balaban J connectivity index is 2.17. The third-order valence-electron chi connectivity index (χ3n) is 3.16. The first-order chi connectivity index (χ1) is 9.66. The summed E-state index contributed by atoms with van der Waals surface area (Å²) in [5, 5.41) is 0. The van der Waals surface area contributed by atoms with Crippen LogP contribution in [0.5, 0.6) is 0 Å². The van der Waals surface area contributed by atoms with Crippen molar-refractivity contribution in [3.63, 3.8) is 0 Å². The Hall–Kier alpha value is -1.85. The first-order valence-electron chi connectivity index (χ1n) is 6.07. The second kappa shape index (κ2) is 5.26.